The van der Waals surface area contributed by atoms with Crippen molar-refractivity contribution in [3.05, 3.63) is 48.3 Å². The molecule has 30 heavy (non-hydrogen) atoms. The van der Waals surface area contributed by atoms with Gasteiger partial charge in [-0.05, 0) is 24.3 Å². The molecule has 2 aromatic heterocycles. The number of morpholine rings is 1. The van der Waals surface area contributed by atoms with E-state index in [0.29, 0.717) is 29.2 Å². The largest absolute Gasteiger partial charge is 0.416 e. The Morgan fingerprint density at radius 1 is 1.10 bits per heavy atom. The van der Waals surface area contributed by atoms with Crippen LogP contribution in [0.25, 0.3) is 10.9 Å². The Morgan fingerprint density at radius 2 is 1.93 bits per heavy atom. The lowest BCUT2D eigenvalue weighted by Gasteiger charge is -2.26. The van der Waals surface area contributed by atoms with E-state index in [1.165, 1.54) is 6.07 Å². The maximum atomic E-state index is 13.0. The number of hydrogen-bond acceptors (Lipinski definition) is 7. The molecule has 4 rings (SSSR count). The van der Waals surface area contributed by atoms with E-state index >= 15 is 0 Å². The topological polar surface area (TPSA) is 75.2 Å². The molecule has 1 aliphatic rings. The van der Waals surface area contributed by atoms with E-state index in [2.05, 4.69) is 30.5 Å². The molecular weight excluding hydrogens is 397 g/mol. The zero-order valence-corrected chi connectivity index (χ0v) is 16.1. The molecule has 0 bridgehead atoms. The number of fused-ring (bicyclic) bond motifs is 1. The van der Waals surface area contributed by atoms with Gasteiger partial charge in [-0.3, -0.25) is 9.88 Å². The van der Waals surface area contributed by atoms with Gasteiger partial charge >= 0.3 is 6.18 Å². The summed E-state index contributed by atoms with van der Waals surface area (Å²) >= 11 is 0. The Morgan fingerprint density at radius 3 is 2.73 bits per heavy atom. The van der Waals surface area contributed by atoms with Crippen LogP contribution in [-0.4, -0.2) is 59.2 Å². The first-order chi connectivity index (χ1) is 14.5. The van der Waals surface area contributed by atoms with Crippen LogP contribution >= 0.6 is 0 Å². The fourth-order valence-electron chi connectivity index (χ4n) is 3.21. The number of halogens is 3. The molecule has 10 heteroatoms. The second-order valence-corrected chi connectivity index (χ2v) is 6.87. The molecule has 158 valence electrons. The quantitative estimate of drug-likeness (QED) is 0.634. The molecule has 0 unspecified atom stereocenters. The maximum Gasteiger partial charge on any atom is 0.416 e. The Kier molecular flexibility index (Phi) is 5.96. The van der Waals surface area contributed by atoms with Crippen LogP contribution in [-0.2, 0) is 10.9 Å². The minimum Gasteiger partial charge on any atom is -0.379 e. The number of pyridine rings is 1. The summed E-state index contributed by atoms with van der Waals surface area (Å²) in [5.41, 5.74) is 0.198. The van der Waals surface area contributed by atoms with E-state index in [1.807, 2.05) is 0 Å². The fraction of sp³-hybridized carbons (Fsp3) is 0.350. The first-order valence-electron chi connectivity index (χ1n) is 9.59. The number of hydrogen-bond donors (Lipinski definition) is 2. The Balaban J connectivity index is 1.54. The highest BCUT2D eigenvalue weighted by Gasteiger charge is 2.30. The molecule has 3 heterocycles. The summed E-state index contributed by atoms with van der Waals surface area (Å²) in [6.45, 7) is 4.68. The Labute approximate surface area is 171 Å². The summed E-state index contributed by atoms with van der Waals surface area (Å²) in [5, 5.41) is 6.80. The summed E-state index contributed by atoms with van der Waals surface area (Å²) in [5.74, 6) is 0.790. The molecule has 0 spiro atoms. The molecule has 7 nitrogen and oxygen atoms in total. The molecule has 1 saturated heterocycles. The molecule has 3 aromatic rings. The number of benzene rings is 1. The average Bonchev–Trinajstić information content (AvgIpc) is 2.74. The summed E-state index contributed by atoms with van der Waals surface area (Å²) < 4.78 is 44.4. The molecule has 0 amide bonds. The van der Waals surface area contributed by atoms with E-state index in [9.17, 15) is 13.2 Å². The highest BCUT2D eigenvalue weighted by Crippen LogP contribution is 2.32. The summed E-state index contributed by atoms with van der Waals surface area (Å²) in [6.07, 6.45) is -1.22. The van der Waals surface area contributed by atoms with Gasteiger partial charge in [-0.15, -0.1) is 0 Å². The van der Waals surface area contributed by atoms with E-state index in [1.54, 1.807) is 24.5 Å². The molecule has 1 aliphatic heterocycles. The predicted octanol–water partition coefficient (Wildman–Crippen LogP) is 3.53. The molecular formula is C20H21F3N6O. The number of anilines is 3. The van der Waals surface area contributed by atoms with Crippen LogP contribution in [0.1, 0.15) is 5.56 Å². The number of nitrogens with one attached hydrogen (secondary N) is 2. The van der Waals surface area contributed by atoms with Crippen molar-refractivity contribution in [1.29, 1.82) is 0 Å². The maximum absolute atomic E-state index is 13.0. The molecule has 0 atom stereocenters. The van der Waals surface area contributed by atoms with Gasteiger partial charge in [0, 0.05) is 44.3 Å². The minimum absolute atomic E-state index is 0.285. The number of ether oxygens (including phenoxy) is 1. The van der Waals surface area contributed by atoms with Crippen molar-refractivity contribution >= 4 is 28.4 Å². The third-order valence-corrected chi connectivity index (χ3v) is 4.76. The lowest BCUT2D eigenvalue weighted by molar-refractivity contribution is -0.137. The highest BCUT2D eigenvalue weighted by molar-refractivity contribution is 5.91. The van der Waals surface area contributed by atoms with Gasteiger partial charge in [0.25, 0.3) is 0 Å². The lowest BCUT2D eigenvalue weighted by Crippen LogP contribution is -2.39. The van der Waals surface area contributed by atoms with Crippen LogP contribution in [0.2, 0.25) is 0 Å². The van der Waals surface area contributed by atoms with Crippen LogP contribution in [0.15, 0.2) is 42.7 Å². The molecule has 1 aromatic carbocycles. The van der Waals surface area contributed by atoms with Crippen molar-refractivity contribution in [2.75, 3.05) is 50.0 Å². The van der Waals surface area contributed by atoms with Crippen LogP contribution in [0.3, 0.4) is 0 Å². The van der Waals surface area contributed by atoms with Crippen molar-refractivity contribution in [2.45, 2.75) is 6.18 Å². The fourth-order valence-corrected chi connectivity index (χ4v) is 3.21. The third-order valence-electron chi connectivity index (χ3n) is 4.76. The summed E-state index contributed by atoms with van der Waals surface area (Å²) in [4.78, 5) is 15.3. The highest BCUT2D eigenvalue weighted by atomic mass is 19.4. The van der Waals surface area contributed by atoms with Crippen molar-refractivity contribution in [3.8, 4) is 0 Å². The monoisotopic (exact) mass is 418 g/mol. The predicted molar refractivity (Wildman–Crippen MR) is 108 cm³/mol. The van der Waals surface area contributed by atoms with Gasteiger partial charge < -0.3 is 15.4 Å². The normalized spacial score (nSPS) is 15.3. The minimum atomic E-state index is -4.42. The number of alkyl halides is 3. The SMILES string of the molecule is FC(F)(F)c1cccc(Nc2nc(NCCN3CCOCC3)nc3ccncc23)c1. The van der Waals surface area contributed by atoms with E-state index in [0.717, 1.165) is 45.0 Å². The van der Waals surface area contributed by atoms with Gasteiger partial charge in [0.2, 0.25) is 5.95 Å². The van der Waals surface area contributed by atoms with Gasteiger partial charge in [-0.25, -0.2) is 4.98 Å². The number of aromatic nitrogens is 3. The van der Waals surface area contributed by atoms with Crippen molar-refractivity contribution in [3.63, 3.8) is 0 Å². The van der Waals surface area contributed by atoms with Crippen LogP contribution in [0, 0.1) is 0 Å². The zero-order chi connectivity index (χ0) is 21.0. The van der Waals surface area contributed by atoms with Gasteiger partial charge in [0.1, 0.15) is 5.82 Å². The Hall–Kier alpha value is -2.98. The third kappa shape index (κ3) is 4.95. The molecule has 0 aliphatic carbocycles. The first-order valence-corrected chi connectivity index (χ1v) is 9.59. The Bertz CT molecular complexity index is 1010. The molecule has 1 fully saturated rings. The van der Waals surface area contributed by atoms with E-state index in [4.69, 9.17) is 4.74 Å². The first kappa shape index (κ1) is 20.3. The van der Waals surface area contributed by atoms with Gasteiger partial charge in [-0.1, -0.05) is 6.07 Å². The molecule has 2 N–H and O–H groups in total. The van der Waals surface area contributed by atoms with Crippen LogP contribution in [0.5, 0.6) is 0 Å². The summed E-state index contributed by atoms with van der Waals surface area (Å²) in [7, 11) is 0. The van der Waals surface area contributed by atoms with Crippen molar-refractivity contribution in [1.82, 2.24) is 19.9 Å². The zero-order valence-electron chi connectivity index (χ0n) is 16.1. The van der Waals surface area contributed by atoms with E-state index < -0.39 is 11.7 Å². The molecule has 0 saturated carbocycles. The van der Waals surface area contributed by atoms with Gasteiger partial charge in [0.05, 0.1) is 29.7 Å². The van der Waals surface area contributed by atoms with Gasteiger partial charge in [0.15, 0.2) is 0 Å². The van der Waals surface area contributed by atoms with E-state index in [-0.39, 0.29) is 5.69 Å². The van der Waals surface area contributed by atoms with Crippen LogP contribution in [0.4, 0.5) is 30.6 Å². The molecule has 0 radical (unpaired) electrons. The summed E-state index contributed by atoms with van der Waals surface area (Å²) in [6, 6.07) is 6.74. The van der Waals surface area contributed by atoms with Crippen LogP contribution < -0.4 is 10.6 Å². The smallest absolute Gasteiger partial charge is 0.379 e. The standard InChI is InChI=1S/C20H21F3N6O/c21-20(22,23)14-2-1-3-15(12-14)26-18-16-13-24-5-4-17(16)27-19(28-18)25-6-7-29-8-10-30-11-9-29/h1-5,12-13H,6-11H2,(H2,25,26,27,28). The van der Waals surface area contributed by atoms with Gasteiger partial charge in [-0.2, -0.15) is 18.2 Å². The van der Waals surface area contributed by atoms with Crippen molar-refractivity contribution in [2.24, 2.45) is 0 Å². The van der Waals surface area contributed by atoms with Crippen molar-refractivity contribution < 1.29 is 17.9 Å². The number of nitrogens with zero attached hydrogens (tertiary/aromatic N) is 4. The second-order valence-electron chi connectivity index (χ2n) is 6.87. The second kappa shape index (κ2) is 8.80. The lowest BCUT2D eigenvalue weighted by atomic mass is 10.2. The number of rotatable bonds is 6. The average molecular weight is 418 g/mol.